The average Bonchev–Trinajstić information content (AvgIpc) is 4.25. The minimum atomic E-state index is -0.501. The van der Waals surface area contributed by atoms with Gasteiger partial charge in [-0.1, -0.05) is 83.1 Å². The van der Waals surface area contributed by atoms with Crippen molar-refractivity contribution in [1.29, 1.82) is 0 Å². The molecule has 7 rings (SSSR count). The highest BCUT2D eigenvalue weighted by atomic mass is 32.1. The zero-order valence-corrected chi connectivity index (χ0v) is 52.6. The smallest absolute Gasteiger partial charge is 0.273 e. The maximum Gasteiger partial charge on any atom is 0.273 e. The van der Waals surface area contributed by atoms with E-state index in [1.54, 1.807) is 104 Å². The molecule has 1 aliphatic heterocycles. The highest BCUT2D eigenvalue weighted by molar-refractivity contribution is 7.11. The van der Waals surface area contributed by atoms with Crippen LogP contribution in [0.25, 0.3) is 0 Å². The molecule has 0 aliphatic carbocycles. The monoisotopic (exact) mass is 1180 g/mol. The van der Waals surface area contributed by atoms with Crippen molar-refractivity contribution >= 4 is 103 Å². The lowest BCUT2D eigenvalue weighted by Crippen LogP contribution is -2.36. The third-order valence-corrected chi connectivity index (χ3v) is 19.7. The molecule has 6 aromatic rings. The van der Waals surface area contributed by atoms with Crippen LogP contribution < -0.4 is 0 Å². The van der Waals surface area contributed by atoms with Crippen LogP contribution in [0.5, 0.6) is 0 Å². The Morgan fingerprint density at radius 2 is 0.385 bits per heavy atom. The summed E-state index contributed by atoms with van der Waals surface area (Å²) in [7, 11) is 10.3. The standard InChI is InChI=1S/C54H72N12O6S6/c1-25(2)37-43-55-32(19-73-43)50(68)62(14)39(27(5)6)45-57-34(21-75-45)52(70)64(16)41(29(9)10)47-59-36(23-77-47)54(72)66(18)42(30(11)12)48-60-35(24-78-48)53(71)65(17)40(28(7)8)46-58-33(22-76-46)51(69)63(15)38(26(3)4)44-56-31(20-74-44)49(67)61(37)13/h19-30,37-42H,1-18H3/t37-,38-,39-,40-,41-,42-/m0/s1. The van der Waals surface area contributed by atoms with Gasteiger partial charge in [-0.15, -0.1) is 68.0 Å². The molecule has 0 N–H and O–H groups in total. The van der Waals surface area contributed by atoms with Crippen LogP contribution in [0.15, 0.2) is 32.3 Å². The normalized spacial score (nSPS) is 21.4. The fourth-order valence-corrected chi connectivity index (χ4v) is 17.0. The number of carbonyl (C=O) groups excluding carboxylic acids is 6. The highest BCUT2D eigenvalue weighted by Crippen LogP contribution is 2.40. The van der Waals surface area contributed by atoms with Crippen molar-refractivity contribution in [1.82, 2.24) is 59.3 Å². The van der Waals surface area contributed by atoms with Gasteiger partial charge in [-0.2, -0.15) is 0 Å². The number of thiazole rings is 6. The van der Waals surface area contributed by atoms with E-state index in [2.05, 4.69) is 0 Å². The largest absolute Gasteiger partial charge is 0.331 e. The van der Waals surface area contributed by atoms with Gasteiger partial charge in [0.2, 0.25) is 0 Å². The number of rotatable bonds is 6. The second-order valence-electron chi connectivity index (χ2n) is 22.1. The van der Waals surface area contributed by atoms with Crippen molar-refractivity contribution in [2.45, 2.75) is 119 Å². The molecule has 6 atom stereocenters. The number of hydrogen-bond acceptors (Lipinski definition) is 18. The lowest BCUT2D eigenvalue weighted by atomic mass is 10.0. The molecule has 0 aromatic carbocycles. The number of hydrogen-bond donors (Lipinski definition) is 0. The van der Waals surface area contributed by atoms with E-state index in [0.29, 0.717) is 30.0 Å². The summed E-state index contributed by atoms with van der Waals surface area (Å²) in [5, 5.41) is 13.8. The molecule has 18 nitrogen and oxygen atoms in total. The van der Waals surface area contributed by atoms with Gasteiger partial charge in [0, 0.05) is 74.6 Å². The third-order valence-electron chi connectivity index (χ3n) is 14.2. The first-order valence-electron chi connectivity index (χ1n) is 26.0. The Morgan fingerprint density at radius 3 is 0.487 bits per heavy atom. The highest BCUT2D eigenvalue weighted by Gasteiger charge is 2.39. The van der Waals surface area contributed by atoms with Crippen LogP contribution in [-0.2, 0) is 0 Å². The predicted octanol–water partition coefficient (Wildman–Crippen LogP) is 11.6. The zero-order chi connectivity index (χ0) is 57.5. The minimum absolute atomic E-state index is 0.0966. The molecule has 0 radical (unpaired) electrons. The van der Waals surface area contributed by atoms with Gasteiger partial charge in [-0.3, -0.25) is 28.8 Å². The van der Waals surface area contributed by atoms with Crippen LogP contribution in [0, 0.1) is 35.5 Å². The summed E-state index contributed by atoms with van der Waals surface area (Å²) in [6, 6.07) is -3.01. The number of fused-ring (bicyclic) bond motifs is 12. The first-order chi connectivity index (χ1) is 36.7. The van der Waals surface area contributed by atoms with Crippen LogP contribution in [0.1, 0.15) is 212 Å². The van der Waals surface area contributed by atoms with Crippen LogP contribution in [-0.4, -0.2) is 137 Å². The Hall–Kier alpha value is -5.40. The second kappa shape index (κ2) is 24.5. The molecule has 0 saturated carbocycles. The van der Waals surface area contributed by atoms with Crippen molar-refractivity contribution in [3.63, 3.8) is 0 Å². The Bertz CT molecular complexity index is 2600. The Labute approximate surface area is 482 Å². The number of amides is 6. The molecule has 0 fully saturated rings. The van der Waals surface area contributed by atoms with E-state index >= 15 is 0 Å². The molecule has 12 bridgehead atoms. The molecule has 420 valence electrons. The summed E-state index contributed by atoms with van der Waals surface area (Å²) < 4.78 is 0. The second-order valence-corrected chi connectivity index (χ2v) is 27.4. The van der Waals surface area contributed by atoms with Gasteiger partial charge >= 0.3 is 0 Å². The molecular weight excluding hydrogens is 1110 g/mol. The molecule has 78 heavy (non-hydrogen) atoms. The Kier molecular flexibility index (Phi) is 19.0. The van der Waals surface area contributed by atoms with Crippen molar-refractivity contribution in [2.75, 3.05) is 42.3 Å². The van der Waals surface area contributed by atoms with E-state index in [0.717, 1.165) is 0 Å². The topological polar surface area (TPSA) is 199 Å². The van der Waals surface area contributed by atoms with Crippen LogP contribution in [0.3, 0.4) is 0 Å². The molecule has 6 amide bonds. The van der Waals surface area contributed by atoms with Gasteiger partial charge in [0.1, 0.15) is 64.2 Å². The van der Waals surface area contributed by atoms with Gasteiger partial charge in [-0.25, -0.2) is 29.9 Å². The van der Waals surface area contributed by atoms with Gasteiger partial charge in [0.15, 0.2) is 0 Å². The molecule has 1 aliphatic rings. The van der Waals surface area contributed by atoms with E-state index in [-0.39, 0.29) is 105 Å². The molecule has 6 aromatic heterocycles. The summed E-state index contributed by atoms with van der Waals surface area (Å²) in [5.74, 6) is -2.55. The van der Waals surface area contributed by atoms with E-state index in [4.69, 9.17) is 29.9 Å². The summed E-state index contributed by atoms with van der Waals surface area (Å²) >= 11 is 7.84. The zero-order valence-electron chi connectivity index (χ0n) is 47.7. The summed E-state index contributed by atoms with van der Waals surface area (Å²) in [6.07, 6.45) is 0. The van der Waals surface area contributed by atoms with Gasteiger partial charge in [0.05, 0.1) is 36.3 Å². The first-order valence-corrected chi connectivity index (χ1v) is 31.3. The fourth-order valence-electron chi connectivity index (χ4n) is 10.4. The summed E-state index contributed by atoms with van der Waals surface area (Å²) in [6.45, 7) is 24.0. The van der Waals surface area contributed by atoms with Crippen molar-refractivity contribution in [3.05, 3.63) is 96.5 Å². The average molecular weight is 1180 g/mol. The van der Waals surface area contributed by atoms with Gasteiger partial charge in [-0.05, 0) is 35.5 Å². The van der Waals surface area contributed by atoms with Gasteiger partial charge in [0.25, 0.3) is 35.4 Å². The van der Waals surface area contributed by atoms with Crippen LogP contribution in [0.2, 0.25) is 0 Å². The Morgan fingerprint density at radius 1 is 0.269 bits per heavy atom. The van der Waals surface area contributed by atoms with Gasteiger partial charge < -0.3 is 29.4 Å². The number of carbonyl (C=O) groups is 6. The third kappa shape index (κ3) is 12.0. The molecule has 24 heteroatoms. The lowest BCUT2D eigenvalue weighted by molar-refractivity contribution is 0.0664. The minimum Gasteiger partial charge on any atom is -0.331 e. The van der Waals surface area contributed by atoms with Crippen molar-refractivity contribution < 1.29 is 28.8 Å². The number of aromatic nitrogens is 6. The lowest BCUT2D eigenvalue weighted by Gasteiger charge is -2.31. The van der Waals surface area contributed by atoms with E-state index in [1.165, 1.54) is 68.0 Å². The van der Waals surface area contributed by atoms with Crippen LogP contribution in [0.4, 0.5) is 0 Å². The van der Waals surface area contributed by atoms with Crippen molar-refractivity contribution in [2.24, 2.45) is 35.5 Å². The molecule has 0 spiro atoms. The van der Waals surface area contributed by atoms with E-state index in [9.17, 15) is 28.8 Å². The number of nitrogens with zero attached hydrogens (tertiary/aromatic N) is 12. The Balaban J connectivity index is 1.28. The van der Waals surface area contributed by atoms with Crippen LogP contribution >= 0.6 is 68.0 Å². The predicted molar refractivity (Wildman–Crippen MR) is 311 cm³/mol. The SMILES string of the molecule is CC(C)[C@H]1c2nc(cs2)C(=O)N(C)[C@@H](C(C)C)c2nc(cs2)C(=O)N(C)[C@@H](C(C)C)c2nc(cs2)C(=O)N(C)[C@@H](C(C)C)c2nc(cs2)C(=O)N(C)[C@@H](C(C)C)c2nc(cs2)C(=O)N(C)[C@@H](C(C)C)c2nc(cs2)C(=O)N1C. The molecule has 0 unspecified atom stereocenters. The first kappa shape index (κ1) is 60.2. The molecule has 7 heterocycles. The maximum atomic E-state index is 14.4. The quantitative estimate of drug-likeness (QED) is 0.153. The molecule has 0 saturated heterocycles. The molecular formula is C54H72N12O6S6. The van der Waals surface area contributed by atoms with Crippen molar-refractivity contribution in [3.8, 4) is 0 Å². The maximum absolute atomic E-state index is 14.4. The van der Waals surface area contributed by atoms with E-state index in [1.807, 2.05) is 83.1 Å². The fraction of sp³-hybridized carbons (Fsp3) is 0.556. The summed E-state index contributed by atoms with van der Waals surface area (Å²) in [4.78, 5) is 125. The van der Waals surface area contributed by atoms with E-state index < -0.39 is 36.3 Å². The summed E-state index contributed by atoms with van der Waals surface area (Å²) in [5.41, 5.74) is 1.36.